The molecule has 26 heavy (non-hydrogen) atoms. The van der Waals surface area contributed by atoms with E-state index in [1.807, 2.05) is 51.1 Å². The number of nitrogens with one attached hydrogen (secondary N) is 2. The van der Waals surface area contributed by atoms with Crippen LogP contribution in [0, 0.1) is 0 Å². The van der Waals surface area contributed by atoms with Gasteiger partial charge in [0.05, 0.1) is 4.90 Å². The first-order valence-electron chi connectivity index (χ1n) is 8.73. The Morgan fingerprint density at radius 2 is 1.58 bits per heavy atom. The zero-order valence-electron chi connectivity index (χ0n) is 15.4. The molecule has 2 rings (SSSR count). The van der Waals surface area contributed by atoms with Crippen molar-refractivity contribution in [3.05, 3.63) is 65.7 Å². The fourth-order valence-electron chi connectivity index (χ4n) is 2.60. The summed E-state index contributed by atoms with van der Waals surface area (Å²) in [5.74, 6) is -0.00458. The Morgan fingerprint density at radius 3 is 2.15 bits per heavy atom. The Labute approximate surface area is 155 Å². The van der Waals surface area contributed by atoms with E-state index in [9.17, 15) is 13.2 Å². The highest BCUT2D eigenvalue weighted by molar-refractivity contribution is 7.89. The zero-order valence-corrected chi connectivity index (χ0v) is 16.2. The average Bonchev–Trinajstić information content (AvgIpc) is 2.60. The van der Waals surface area contributed by atoms with Crippen molar-refractivity contribution in [1.29, 1.82) is 0 Å². The van der Waals surface area contributed by atoms with Crippen LogP contribution in [-0.2, 0) is 21.2 Å². The molecule has 0 unspecified atom stereocenters. The molecule has 5 nitrogen and oxygen atoms in total. The third-order valence-electron chi connectivity index (χ3n) is 3.96. The maximum absolute atomic E-state index is 12.5. The molecule has 6 heteroatoms. The molecule has 0 aliphatic rings. The Balaban J connectivity index is 1.99. The van der Waals surface area contributed by atoms with E-state index in [1.165, 1.54) is 0 Å². The lowest BCUT2D eigenvalue weighted by atomic mass is 10.1. The van der Waals surface area contributed by atoms with Crippen LogP contribution in [0.1, 0.15) is 44.4 Å². The van der Waals surface area contributed by atoms with Crippen molar-refractivity contribution in [2.24, 2.45) is 0 Å². The average molecular weight is 375 g/mol. The van der Waals surface area contributed by atoms with E-state index in [0.717, 1.165) is 11.1 Å². The van der Waals surface area contributed by atoms with Crippen molar-refractivity contribution in [3.8, 4) is 0 Å². The topological polar surface area (TPSA) is 75.3 Å². The van der Waals surface area contributed by atoms with Gasteiger partial charge in [0.25, 0.3) is 0 Å². The fourth-order valence-corrected chi connectivity index (χ4v) is 3.83. The van der Waals surface area contributed by atoms with Crippen molar-refractivity contribution < 1.29 is 13.2 Å². The number of sulfonamides is 1. The van der Waals surface area contributed by atoms with E-state index in [1.54, 1.807) is 24.3 Å². The highest BCUT2D eigenvalue weighted by atomic mass is 32.2. The molecule has 0 aliphatic carbocycles. The summed E-state index contributed by atoms with van der Waals surface area (Å²) in [5.41, 5.74) is 1.84. The maximum Gasteiger partial charge on any atom is 0.241 e. The molecule has 0 heterocycles. The van der Waals surface area contributed by atoms with E-state index in [4.69, 9.17) is 0 Å². The summed E-state index contributed by atoms with van der Waals surface area (Å²) in [6.07, 6.45) is 0.959. The lowest BCUT2D eigenvalue weighted by Crippen LogP contribution is -2.30. The van der Waals surface area contributed by atoms with Gasteiger partial charge in [-0.05, 0) is 50.5 Å². The van der Waals surface area contributed by atoms with Crippen LogP contribution in [0.2, 0.25) is 0 Å². The summed E-state index contributed by atoms with van der Waals surface area (Å²) < 4.78 is 27.8. The molecule has 0 aromatic heterocycles. The molecule has 0 aliphatic heterocycles. The summed E-state index contributed by atoms with van der Waals surface area (Å²) in [6.45, 7) is 5.65. The van der Waals surface area contributed by atoms with Gasteiger partial charge in [0.1, 0.15) is 0 Å². The van der Waals surface area contributed by atoms with Crippen molar-refractivity contribution in [2.75, 3.05) is 0 Å². The number of benzene rings is 2. The number of carbonyl (C=O) groups excluding carboxylic acids is 1. The first kappa shape index (κ1) is 20.1. The van der Waals surface area contributed by atoms with Crippen LogP contribution in [0.15, 0.2) is 59.5 Å². The second kappa shape index (κ2) is 8.96. The minimum atomic E-state index is -3.60. The number of hydrogen-bond acceptors (Lipinski definition) is 3. The van der Waals surface area contributed by atoms with Crippen molar-refractivity contribution in [1.82, 2.24) is 10.0 Å². The standard InChI is InChI=1S/C20H26N2O3S/c1-15(2)21-20(23)14-11-17-9-12-19(13-10-17)26(24,25)22-16(3)18-7-5-4-6-8-18/h4-10,12-13,15-16,22H,11,14H2,1-3H3,(H,21,23)/t16-/m1/s1. The molecule has 0 saturated heterocycles. The Kier molecular flexibility index (Phi) is 6.94. The monoisotopic (exact) mass is 374 g/mol. The van der Waals surface area contributed by atoms with Gasteiger partial charge in [-0.2, -0.15) is 0 Å². The van der Waals surface area contributed by atoms with E-state index < -0.39 is 10.0 Å². The van der Waals surface area contributed by atoms with Gasteiger partial charge in [0.15, 0.2) is 0 Å². The minimum Gasteiger partial charge on any atom is -0.354 e. The van der Waals surface area contributed by atoms with Crippen LogP contribution in [0.3, 0.4) is 0 Å². The molecule has 140 valence electrons. The van der Waals surface area contributed by atoms with E-state index >= 15 is 0 Å². The van der Waals surface area contributed by atoms with Crippen LogP contribution in [0.5, 0.6) is 0 Å². The summed E-state index contributed by atoms with van der Waals surface area (Å²) in [7, 11) is -3.60. The molecular weight excluding hydrogens is 348 g/mol. The molecule has 2 aromatic carbocycles. The molecule has 1 amide bonds. The number of carbonyl (C=O) groups is 1. The van der Waals surface area contributed by atoms with Gasteiger partial charge < -0.3 is 5.32 Å². The minimum absolute atomic E-state index is 0.00458. The third kappa shape index (κ3) is 5.97. The summed E-state index contributed by atoms with van der Waals surface area (Å²) in [4.78, 5) is 11.9. The molecule has 2 N–H and O–H groups in total. The van der Waals surface area contributed by atoms with Gasteiger partial charge >= 0.3 is 0 Å². The number of rotatable bonds is 8. The van der Waals surface area contributed by atoms with Crippen molar-refractivity contribution >= 4 is 15.9 Å². The van der Waals surface area contributed by atoms with Gasteiger partial charge in [0.2, 0.25) is 15.9 Å². The predicted octanol–water partition coefficient (Wildman–Crippen LogP) is 3.18. The molecule has 1 atom stereocenters. The van der Waals surface area contributed by atoms with Crippen LogP contribution >= 0.6 is 0 Å². The largest absolute Gasteiger partial charge is 0.354 e. The molecule has 0 saturated carbocycles. The second-order valence-electron chi connectivity index (χ2n) is 6.62. The number of hydrogen-bond donors (Lipinski definition) is 2. The van der Waals surface area contributed by atoms with Gasteiger partial charge in [-0.15, -0.1) is 0 Å². The smallest absolute Gasteiger partial charge is 0.241 e. The van der Waals surface area contributed by atoms with Crippen LogP contribution < -0.4 is 10.0 Å². The lowest BCUT2D eigenvalue weighted by molar-refractivity contribution is -0.121. The van der Waals surface area contributed by atoms with Crippen LogP contribution in [0.25, 0.3) is 0 Å². The molecule has 0 spiro atoms. The summed E-state index contributed by atoms with van der Waals surface area (Å²) in [6, 6.07) is 15.9. The van der Waals surface area contributed by atoms with E-state index in [2.05, 4.69) is 10.0 Å². The lowest BCUT2D eigenvalue weighted by Gasteiger charge is -2.15. The normalized spacial score (nSPS) is 12.8. The van der Waals surface area contributed by atoms with Crippen LogP contribution in [0.4, 0.5) is 0 Å². The van der Waals surface area contributed by atoms with Crippen LogP contribution in [-0.4, -0.2) is 20.4 Å². The van der Waals surface area contributed by atoms with Crippen molar-refractivity contribution in [2.45, 2.75) is 50.6 Å². The molecule has 0 fully saturated rings. The molecule has 0 bridgehead atoms. The molecular formula is C20H26N2O3S. The quantitative estimate of drug-likeness (QED) is 0.745. The molecule has 0 radical (unpaired) electrons. The van der Waals surface area contributed by atoms with Gasteiger partial charge in [0, 0.05) is 18.5 Å². The first-order valence-corrected chi connectivity index (χ1v) is 10.2. The summed E-state index contributed by atoms with van der Waals surface area (Å²) >= 11 is 0. The fraction of sp³-hybridized carbons (Fsp3) is 0.350. The SMILES string of the molecule is CC(C)NC(=O)CCc1ccc(S(=O)(=O)N[C@H](C)c2ccccc2)cc1. The van der Waals surface area contributed by atoms with Crippen molar-refractivity contribution in [3.63, 3.8) is 0 Å². The Morgan fingerprint density at radius 1 is 0.962 bits per heavy atom. The summed E-state index contributed by atoms with van der Waals surface area (Å²) in [5, 5.41) is 2.84. The van der Waals surface area contributed by atoms with E-state index in [0.29, 0.717) is 12.8 Å². The first-order chi connectivity index (χ1) is 12.3. The zero-order chi connectivity index (χ0) is 19.2. The third-order valence-corrected chi connectivity index (χ3v) is 5.51. The highest BCUT2D eigenvalue weighted by Gasteiger charge is 2.18. The second-order valence-corrected chi connectivity index (χ2v) is 8.33. The highest BCUT2D eigenvalue weighted by Crippen LogP contribution is 2.17. The maximum atomic E-state index is 12.5. The predicted molar refractivity (Wildman–Crippen MR) is 103 cm³/mol. The Hall–Kier alpha value is -2.18. The molecule has 2 aromatic rings. The van der Waals surface area contributed by atoms with Gasteiger partial charge in [-0.3, -0.25) is 4.79 Å². The Bertz CT molecular complexity index is 816. The van der Waals surface area contributed by atoms with Gasteiger partial charge in [-0.1, -0.05) is 42.5 Å². The van der Waals surface area contributed by atoms with E-state index in [-0.39, 0.29) is 22.9 Å². The van der Waals surface area contributed by atoms with Gasteiger partial charge in [-0.25, -0.2) is 13.1 Å². The number of aryl methyl sites for hydroxylation is 1. The number of amides is 1.